The Morgan fingerprint density at radius 1 is 1.23 bits per heavy atom. The van der Waals surface area contributed by atoms with Crippen LogP contribution in [0.15, 0.2) is 30.3 Å². The first-order chi connectivity index (χ1) is 10.1. The van der Waals surface area contributed by atoms with Crippen molar-refractivity contribution in [3.05, 3.63) is 35.9 Å². The lowest BCUT2D eigenvalue weighted by molar-refractivity contribution is -0.133. The van der Waals surface area contributed by atoms with Crippen molar-refractivity contribution in [2.45, 2.75) is 39.3 Å². The largest absolute Gasteiger partial charge is 0.346 e. The first-order valence-electron chi connectivity index (χ1n) is 7.43. The van der Waals surface area contributed by atoms with E-state index in [0.29, 0.717) is 19.5 Å². The molecule has 5 nitrogen and oxygen atoms in total. The van der Waals surface area contributed by atoms with Gasteiger partial charge in [-0.25, -0.2) is 0 Å². The van der Waals surface area contributed by atoms with Crippen molar-refractivity contribution in [3.63, 3.8) is 0 Å². The highest BCUT2D eigenvalue weighted by Crippen LogP contribution is 2.04. The number of nitrogens with two attached hydrogens (primary N) is 1. The zero-order valence-corrected chi connectivity index (χ0v) is 14.1. The van der Waals surface area contributed by atoms with Gasteiger partial charge < -0.3 is 16.0 Å². The maximum absolute atomic E-state index is 12.1. The fourth-order valence-electron chi connectivity index (χ4n) is 2.03. The number of rotatable bonds is 8. The first kappa shape index (κ1) is 20.4. The highest BCUT2D eigenvalue weighted by Gasteiger charge is 2.16. The normalized spacial score (nSPS) is 11.2. The number of carbonyl (C=O) groups excluding carboxylic acids is 2. The van der Waals surface area contributed by atoms with Crippen molar-refractivity contribution in [1.82, 2.24) is 10.2 Å². The second-order valence-corrected chi connectivity index (χ2v) is 5.01. The van der Waals surface area contributed by atoms with E-state index < -0.39 is 6.04 Å². The van der Waals surface area contributed by atoms with Gasteiger partial charge in [0.05, 0.1) is 12.6 Å². The zero-order chi connectivity index (χ0) is 15.7. The molecule has 1 aromatic rings. The molecule has 0 heterocycles. The van der Waals surface area contributed by atoms with E-state index in [-0.39, 0.29) is 30.8 Å². The van der Waals surface area contributed by atoms with E-state index in [2.05, 4.69) is 5.32 Å². The smallest absolute Gasteiger partial charge is 0.242 e. The molecule has 0 aromatic heterocycles. The Bertz CT molecular complexity index is 454. The maximum Gasteiger partial charge on any atom is 0.242 e. The number of hydrogen-bond donors (Lipinski definition) is 2. The van der Waals surface area contributed by atoms with Gasteiger partial charge in [0.15, 0.2) is 0 Å². The third kappa shape index (κ3) is 6.91. The molecular weight excluding hydrogens is 302 g/mol. The quantitative estimate of drug-likeness (QED) is 0.763. The predicted octanol–water partition coefficient (Wildman–Crippen LogP) is 1.70. The SMILES string of the molecule is CCCC(N)C(=O)NCC(=O)N(CC)Cc1ccccc1.Cl. The van der Waals surface area contributed by atoms with Crippen molar-refractivity contribution in [3.8, 4) is 0 Å². The first-order valence-corrected chi connectivity index (χ1v) is 7.43. The zero-order valence-electron chi connectivity index (χ0n) is 13.2. The van der Waals surface area contributed by atoms with Crippen LogP contribution in [-0.2, 0) is 16.1 Å². The van der Waals surface area contributed by atoms with Gasteiger partial charge in [0.1, 0.15) is 0 Å². The van der Waals surface area contributed by atoms with Crippen molar-refractivity contribution in [2.24, 2.45) is 5.73 Å². The van der Waals surface area contributed by atoms with Gasteiger partial charge in [-0.2, -0.15) is 0 Å². The third-order valence-electron chi connectivity index (χ3n) is 3.30. The molecule has 0 radical (unpaired) electrons. The molecule has 0 aliphatic carbocycles. The fraction of sp³-hybridized carbons (Fsp3) is 0.500. The molecule has 0 fully saturated rings. The van der Waals surface area contributed by atoms with Gasteiger partial charge in [0.25, 0.3) is 0 Å². The van der Waals surface area contributed by atoms with Crippen molar-refractivity contribution in [1.29, 1.82) is 0 Å². The van der Waals surface area contributed by atoms with Crippen molar-refractivity contribution >= 4 is 24.2 Å². The number of benzene rings is 1. The van der Waals surface area contributed by atoms with Crippen LogP contribution in [0.2, 0.25) is 0 Å². The standard InChI is InChI=1S/C16H25N3O2.ClH/c1-3-8-14(17)16(21)18-11-15(20)19(4-2)12-13-9-6-5-7-10-13;/h5-7,9-10,14H,3-4,8,11-12,17H2,1-2H3,(H,18,21);1H. The van der Waals surface area contributed by atoms with Crippen LogP contribution in [0.5, 0.6) is 0 Å². The molecule has 124 valence electrons. The van der Waals surface area contributed by atoms with E-state index in [1.165, 1.54) is 0 Å². The number of hydrogen-bond acceptors (Lipinski definition) is 3. The highest BCUT2D eigenvalue weighted by atomic mass is 35.5. The third-order valence-corrected chi connectivity index (χ3v) is 3.30. The fourth-order valence-corrected chi connectivity index (χ4v) is 2.03. The lowest BCUT2D eigenvalue weighted by atomic mass is 10.1. The number of likely N-dealkylation sites (N-methyl/N-ethyl adjacent to an activating group) is 1. The molecule has 0 saturated heterocycles. The van der Waals surface area contributed by atoms with Gasteiger partial charge in [-0.3, -0.25) is 9.59 Å². The molecule has 1 rings (SSSR count). The minimum Gasteiger partial charge on any atom is -0.346 e. The molecule has 22 heavy (non-hydrogen) atoms. The monoisotopic (exact) mass is 327 g/mol. The molecule has 2 amide bonds. The van der Waals surface area contributed by atoms with E-state index in [1.807, 2.05) is 44.2 Å². The van der Waals surface area contributed by atoms with E-state index in [1.54, 1.807) is 4.90 Å². The van der Waals surface area contributed by atoms with Crippen LogP contribution in [0.1, 0.15) is 32.3 Å². The van der Waals surface area contributed by atoms with Crippen LogP contribution in [0.4, 0.5) is 0 Å². The number of carbonyl (C=O) groups is 2. The summed E-state index contributed by atoms with van der Waals surface area (Å²) in [5.74, 6) is -0.362. The van der Waals surface area contributed by atoms with Crippen LogP contribution in [0.3, 0.4) is 0 Å². The number of nitrogens with one attached hydrogen (secondary N) is 1. The van der Waals surface area contributed by atoms with Gasteiger partial charge in [-0.05, 0) is 18.9 Å². The summed E-state index contributed by atoms with van der Waals surface area (Å²) in [6.07, 6.45) is 1.47. The van der Waals surface area contributed by atoms with Crippen LogP contribution < -0.4 is 11.1 Å². The summed E-state index contributed by atoms with van der Waals surface area (Å²) in [6.45, 7) is 5.04. The second kappa shape index (κ2) is 11.0. The molecule has 1 unspecified atom stereocenters. The Labute approximate surface area is 138 Å². The Hall–Kier alpha value is -1.59. The summed E-state index contributed by atoms with van der Waals surface area (Å²) in [6, 6.07) is 9.25. The molecule has 3 N–H and O–H groups in total. The molecule has 0 bridgehead atoms. The van der Waals surface area contributed by atoms with Crippen LogP contribution >= 0.6 is 12.4 Å². The molecule has 1 atom stereocenters. The average Bonchev–Trinajstić information content (AvgIpc) is 2.51. The summed E-state index contributed by atoms with van der Waals surface area (Å²) in [5.41, 5.74) is 6.78. The Morgan fingerprint density at radius 3 is 2.41 bits per heavy atom. The number of amides is 2. The molecule has 1 aromatic carbocycles. The topological polar surface area (TPSA) is 75.4 Å². The summed E-state index contributed by atoms with van der Waals surface area (Å²) in [7, 11) is 0. The molecule has 0 aliphatic heterocycles. The predicted molar refractivity (Wildman–Crippen MR) is 90.7 cm³/mol. The molecule has 6 heteroatoms. The van der Waals surface area contributed by atoms with Crippen LogP contribution in [-0.4, -0.2) is 35.8 Å². The molecule has 0 saturated carbocycles. The van der Waals surface area contributed by atoms with E-state index >= 15 is 0 Å². The van der Waals surface area contributed by atoms with Gasteiger partial charge in [-0.1, -0.05) is 43.7 Å². The van der Waals surface area contributed by atoms with Gasteiger partial charge in [-0.15, -0.1) is 12.4 Å². The summed E-state index contributed by atoms with van der Waals surface area (Å²) >= 11 is 0. The van der Waals surface area contributed by atoms with Gasteiger partial charge in [0, 0.05) is 13.1 Å². The van der Waals surface area contributed by atoms with Crippen LogP contribution in [0, 0.1) is 0 Å². The van der Waals surface area contributed by atoms with Gasteiger partial charge in [0.2, 0.25) is 11.8 Å². The maximum atomic E-state index is 12.1. The molecule has 0 aliphatic rings. The van der Waals surface area contributed by atoms with E-state index in [0.717, 1.165) is 12.0 Å². The number of nitrogens with zero attached hydrogens (tertiary/aromatic N) is 1. The Morgan fingerprint density at radius 2 is 1.86 bits per heavy atom. The Kier molecular flexibility index (Phi) is 10.2. The second-order valence-electron chi connectivity index (χ2n) is 5.01. The van der Waals surface area contributed by atoms with E-state index in [9.17, 15) is 9.59 Å². The number of halogens is 1. The lowest BCUT2D eigenvalue weighted by Crippen LogP contribution is -2.45. The summed E-state index contributed by atoms with van der Waals surface area (Å²) in [4.78, 5) is 25.5. The summed E-state index contributed by atoms with van der Waals surface area (Å²) in [5, 5.41) is 2.61. The molecular formula is C16H26ClN3O2. The summed E-state index contributed by atoms with van der Waals surface area (Å²) < 4.78 is 0. The lowest BCUT2D eigenvalue weighted by Gasteiger charge is -2.21. The van der Waals surface area contributed by atoms with Gasteiger partial charge >= 0.3 is 0 Å². The average molecular weight is 328 g/mol. The van der Waals surface area contributed by atoms with Crippen molar-refractivity contribution < 1.29 is 9.59 Å². The van der Waals surface area contributed by atoms with Crippen molar-refractivity contribution in [2.75, 3.05) is 13.1 Å². The van der Waals surface area contributed by atoms with Crippen LogP contribution in [0.25, 0.3) is 0 Å². The minimum atomic E-state index is -0.535. The Balaban J connectivity index is 0.00000441. The minimum absolute atomic E-state index is 0. The molecule has 0 spiro atoms. The van der Waals surface area contributed by atoms with E-state index in [4.69, 9.17) is 5.73 Å². The highest BCUT2D eigenvalue weighted by molar-refractivity contribution is 5.87.